The van der Waals surface area contributed by atoms with Crippen molar-refractivity contribution in [1.82, 2.24) is 10.2 Å². The number of nitrogens with zero attached hydrogens (tertiary/aromatic N) is 1. The number of benzene rings is 2. The minimum absolute atomic E-state index is 0.0578. The molecule has 4 rings (SSSR count). The summed E-state index contributed by atoms with van der Waals surface area (Å²) in [5.74, 6) is 1.31. The van der Waals surface area contributed by atoms with E-state index in [-0.39, 0.29) is 23.8 Å². The number of carbonyl (C=O) groups is 2. The Morgan fingerprint density at radius 1 is 1.13 bits per heavy atom. The van der Waals surface area contributed by atoms with E-state index in [9.17, 15) is 9.59 Å². The third-order valence-electron chi connectivity index (χ3n) is 6.41. The van der Waals surface area contributed by atoms with Gasteiger partial charge in [0.05, 0.1) is 12.5 Å². The molecule has 164 valence electrons. The van der Waals surface area contributed by atoms with Gasteiger partial charge < -0.3 is 15.0 Å². The minimum Gasteiger partial charge on any atom is -0.496 e. The van der Waals surface area contributed by atoms with Crippen molar-refractivity contribution >= 4 is 11.8 Å². The van der Waals surface area contributed by atoms with E-state index in [1.165, 1.54) is 0 Å². The average molecular weight is 421 g/mol. The lowest BCUT2D eigenvalue weighted by Gasteiger charge is -2.29. The Bertz CT molecular complexity index is 949. The number of hydrogen-bond donors (Lipinski definition) is 1. The van der Waals surface area contributed by atoms with E-state index in [4.69, 9.17) is 4.74 Å². The van der Waals surface area contributed by atoms with Crippen molar-refractivity contribution in [1.29, 1.82) is 0 Å². The number of nitrogens with one attached hydrogen (secondary N) is 1. The van der Waals surface area contributed by atoms with Crippen molar-refractivity contribution in [2.24, 2.45) is 11.3 Å². The van der Waals surface area contributed by atoms with E-state index in [2.05, 4.69) is 29.6 Å². The van der Waals surface area contributed by atoms with Crippen LogP contribution in [0.25, 0.3) is 11.1 Å². The molecule has 2 amide bonds. The van der Waals surface area contributed by atoms with Crippen molar-refractivity contribution in [3.63, 3.8) is 0 Å². The molecule has 1 unspecified atom stereocenters. The van der Waals surface area contributed by atoms with Crippen LogP contribution in [-0.4, -0.2) is 43.0 Å². The molecule has 0 spiro atoms. The first-order valence-electron chi connectivity index (χ1n) is 11.2. The van der Waals surface area contributed by atoms with Gasteiger partial charge in [0, 0.05) is 30.6 Å². The van der Waals surface area contributed by atoms with Crippen LogP contribution in [0.4, 0.5) is 0 Å². The van der Waals surface area contributed by atoms with Gasteiger partial charge >= 0.3 is 0 Å². The molecule has 31 heavy (non-hydrogen) atoms. The number of carbonyl (C=O) groups excluding carboxylic acids is 2. The third kappa shape index (κ3) is 4.60. The molecule has 2 aromatic carbocycles. The van der Waals surface area contributed by atoms with Gasteiger partial charge in [-0.1, -0.05) is 42.5 Å². The average Bonchev–Trinajstić information content (AvgIpc) is 3.53. The third-order valence-corrected chi connectivity index (χ3v) is 6.41. The quantitative estimate of drug-likeness (QED) is 0.735. The fourth-order valence-electron chi connectivity index (χ4n) is 4.55. The number of likely N-dealkylation sites (tertiary alicyclic amines) is 1. The lowest BCUT2D eigenvalue weighted by Crippen LogP contribution is -2.47. The molecule has 5 heteroatoms. The van der Waals surface area contributed by atoms with Crippen molar-refractivity contribution in [3.8, 4) is 16.9 Å². The second-order valence-electron chi connectivity index (χ2n) is 9.27. The zero-order chi connectivity index (χ0) is 22.0. The largest absolute Gasteiger partial charge is 0.496 e. The lowest BCUT2D eigenvalue weighted by molar-refractivity contribution is -0.134. The maximum Gasteiger partial charge on any atom is 0.228 e. The topological polar surface area (TPSA) is 58.6 Å². The highest BCUT2D eigenvalue weighted by molar-refractivity contribution is 5.87. The molecule has 1 aliphatic carbocycles. The van der Waals surface area contributed by atoms with Crippen molar-refractivity contribution in [2.45, 2.75) is 45.6 Å². The van der Waals surface area contributed by atoms with Crippen molar-refractivity contribution in [3.05, 3.63) is 54.1 Å². The highest BCUT2D eigenvalue weighted by Crippen LogP contribution is 2.39. The van der Waals surface area contributed by atoms with Gasteiger partial charge in [-0.25, -0.2) is 0 Å². The summed E-state index contributed by atoms with van der Waals surface area (Å²) in [6, 6.07) is 16.4. The van der Waals surface area contributed by atoms with Gasteiger partial charge in [-0.15, -0.1) is 0 Å². The van der Waals surface area contributed by atoms with Crippen molar-refractivity contribution < 1.29 is 14.3 Å². The second-order valence-corrected chi connectivity index (χ2v) is 9.27. The van der Waals surface area contributed by atoms with E-state index in [1.807, 2.05) is 43.0 Å². The summed E-state index contributed by atoms with van der Waals surface area (Å²) in [6.07, 6.45) is 3.32. The summed E-state index contributed by atoms with van der Waals surface area (Å²) in [5.41, 5.74) is 2.67. The van der Waals surface area contributed by atoms with Gasteiger partial charge in [0.2, 0.25) is 11.8 Å². The molecule has 1 heterocycles. The maximum atomic E-state index is 13.2. The second kappa shape index (κ2) is 8.74. The monoisotopic (exact) mass is 420 g/mol. The van der Waals surface area contributed by atoms with E-state index in [1.54, 1.807) is 7.11 Å². The summed E-state index contributed by atoms with van der Waals surface area (Å²) in [7, 11) is 1.68. The predicted octanol–water partition coefficient (Wildman–Crippen LogP) is 4.06. The number of rotatable bonds is 7. The van der Waals surface area contributed by atoms with E-state index >= 15 is 0 Å². The number of amides is 2. The molecular weight excluding hydrogens is 388 g/mol. The van der Waals surface area contributed by atoms with Crippen LogP contribution in [0.15, 0.2) is 48.5 Å². The van der Waals surface area contributed by atoms with Crippen molar-refractivity contribution in [2.75, 3.05) is 20.2 Å². The summed E-state index contributed by atoms with van der Waals surface area (Å²) in [5, 5.41) is 3.11. The lowest BCUT2D eigenvalue weighted by atomic mass is 9.79. The molecule has 1 atom stereocenters. The molecule has 1 saturated heterocycles. The molecule has 0 aromatic heterocycles. The molecular formula is C26H32N2O3. The molecule has 2 fully saturated rings. The zero-order valence-corrected chi connectivity index (χ0v) is 18.7. The Balaban J connectivity index is 1.55. The number of hydrogen-bond acceptors (Lipinski definition) is 3. The van der Waals surface area contributed by atoms with Gasteiger partial charge in [-0.3, -0.25) is 9.59 Å². The first-order valence-corrected chi connectivity index (χ1v) is 11.2. The van der Waals surface area contributed by atoms with Gasteiger partial charge in [0.15, 0.2) is 0 Å². The Morgan fingerprint density at radius 3 is 2.48 bits per heavy atom. The van der Waals surface area contributed by atoms with Crippen LogP contribution in [0.1, 0.15) is 38.7 Å². The zero-order valence-electron chi connectivity index (χ0n) is 18.7. The normalized spacial score (nSPS) is 20.7. The summed E-state index contributed by atoms with van der Waals surface area (Å²) in [6.45, 7) is 5.14. The van der Waals surface area contributed by atoms with Gasteiger partial charge in [0.1, 0.15) is 5.75 Å². The number of ether oxygens (including phenoxy) is 1. The van der Waals surface area contributed by atoms with E-state index < -0.39 is 5.41 Å². The van der Waals surface area contributed by atoms with Crippen LogP contribution in [0.2, 0.25) is 0 Å². The molecule has 2 aromatic rings. The van der Waals surface area contributed by atoms with Crippen LogP contribution in [0, 0.1) is 11.3 Å². The molecule has 1 N–H and O–H groups in total. The Labute approximate surface area is 184 Å². The minimum atomic E-state index is -0.569. The highest BCUT2D eigenvalue weighted by Gasteiger charge is 2.48. The Hall–Kier alpha value is -2.82. The fourth-order valence-corrected chi connectivity index (χ4v) is 4.55. The molecule has 1 saturated carbocycles. The predicted molar refractivity (Wildman–Crippen MR) is 122 cm³/mol. The molecule has 1 aliphatic heterocycles. The first kappa shape index (κ1) is 21.4. The summed E-state index contributed by atoms with van der Waals surface area (Å²) >= 11 is 0. The Kier molecular flexibility index (Phi) is 6.03. The van der Waals surface area contributed by atoms with Gasteiger partial charge in [-0.05, 0) is 56.7 Å². The van der Waals surface area contributed by atoms with E-state index in [0.29, 0.717) is 25.9 Å². The fraction of sp³-hybridized carbons (Fsp3) is 0.462. The summed E-state index contributed by atoms with van der Waals surface area (Å²) in [4.78, 5) is 27.8. The maximum absolute atomic E-state index is 13.2. The van der Waals surface area contributed by atoms with Crippen LogP contribution in [0.3, 0.4) is 0 Å². The number of para-hydroxylation sites is 1. The molecule has 0 bridgehead atoms. The van der Waals surface area contributed by atoms with Crippen LogP contribution >= 0.6 is 0 Å². The smallest absolute Gasteiger partial charge is 0.228 e. The number of methoxy groups -OCH3 is 1. The van der Waals surface area contributed by atoms with Gasteiger partial charge in [-0.2, -0.15) is 0 Å². The molecule has 2 aliphatic rings. The Morgan fingerprint density at radius 2 is 1.84 bits per heavy atom. The standard InChI is InChI=1S/C26H32N2O3/c1-18(2)27-25(30)26(14-15-28(17-26)24(29)21-12-13-21)16-19-8-10-20(11-9-19)22-6-4-5-7-23(22)31-3/h4-11,18,21H,12-17H2,1-3H3,(H,27,30). The SMILES string of the molecule is COc1ccccc1-c1ccc(CC2(C(=O)NC(C)C)CCN(C(=O)C3CC3)C2)cc1. The van der Waals surface area contributed by atoms with Crippen LogP contribution in [0.5, 0.6) is 5.75 Å². The highest BCUT2D eigenvalue weighted by atomic mass is 16.5. The molecule has 5 nitrogen and oxygen atoms in total. The van der Waals surface area contributed by atoms with E-state index in [0.717, 1.165) is 35.3 Å². The van der Waals surface area contributed by atoms with Crippen LogP contribution in [-0.2, 0) is 16.0 Å². The summed E-state index contributed by atoms with van der Waals surface area (Å²) < 4.78 is 5.49. The first-order chi connectivity index (χ1) is 14.9. The molecule has 0 radical (unpaired) electrons. The van der Waals surface area contributed by atoms with Crippen LogP contribution < -0.4 is 10.1 Å². The van der Waals surface area contributed by atoms with Gasteiger partial charge in [0.25, 0.3) is 0 Å².